The number of hydrogen-bond donors (Lipinski definition) is 2. The van der Waals surface area contributed by atoms with Gasteiger partial charge in [0.05, 0.1) is 6.04 Å². The maximum Gasteiger partial charge on any atom is 0.223 e. The van der Waals surface area contributed by atoms with Gasteiger partial charge in [-0.2, -0.15) is 0 Å². The molecule has 1 aliphatic heterocycles. The molecule has 1 aliphatic rings. The Kier molecular flexibility index (Phi) is 4.83. The van der Waals surface area contributed by atoms with Gasteiger partial charge < -0.3 is 10.6 Å². The minimum absolute atomic E-state index is 0.00334. The van der Waals surface area contributed by atoms with Crippen LogP contribution in [0.4, 0.5) is 0 Å². The van der Waals surface area contributed by atoms with Crippen molar-refractivity contribution in [1.29, 1.82) is 0 Å². The summed E-state index contributed by atoms with van der Waals surface area (Å²) in [6.07, 6.45) is 1.83. The monoisotopic (exact) mass is 280 g/mol. The minimum Gasteiger partial charge on any atom is -0.349 e. The quantitative estimate of drug-likeness (QED) is 0.894. The van der Waals surface area contributed by atoms with Crippen molar-refractivity contribution in [2.24, 2.45) is 5.92 Å². The zero-order valence-electron chi connectivity index (χ0n) is 11.4. The fraction of sp³-hybridized carbons (Fsp3) is 0.533. The van der Waals surface area contributed by atoms with Gasteiger partial charge in [0.15, 0.2) is 0 Å². The van der Waals surface area contributed by atoms with E-state index in [2.05, 4.69) is 17.6 Å². The van der Waals surface area contributed by atoms with Crippen LogP contribution in [0, 0.1) is 5.92 Å². The summed E-state index contributed by atoms with van der Waals surface area (Å²) in [6, 6.07) is 8.06. The number of hydrogen-bond acceptors (Lipinski definition) is 2. The normalized spacial score (nSPS) is 24.8. The Labute approximate surface area is 119 Å². The number of carbonyl (C=O) groups is 1. The predicted molar refractivity (Wildman–Crippen MR) is 78.2 cm³/mol. The van der Waals surface area contributed by atoms with E-state index in [9.17, 15) is 4.79 Å². The Hall–Kier alpha value is -1.06. The Morgan fingerprint density at radius 3 is 3.00 bits per heavy atom. The SMILES string of the molecule is CC(NC(=O)[C@H]1CCN[C@@H](C)C1)c1cccc(Cl)c1. The highest BCUT2D eigenvalue weighted by molar-refractivity contribution is 6.30. The first kappa shape index (κ1) is 14.4. The Morgan fingerprint density at radius 2 is 2.32 bits per heavy atom. The van der Waals surface area contributed by atoms with Crippen LogP contribution in [0.5, 0.6) is 0 Å². The Balaban J connectivity index is 1.94. The van der Waals surface area contributed by atoms with Crippen LogP contribution in [0.25, 0.3) is 0 Å². The van der Waals surface area contributed by atoms with Crippen molar-refractivity contribution in [2.45, 2.75) is 38.8 Å². The highest BCUT2D eigenvalue weighted by Crippen LogP contribution is 2.20. The molecule has 3 atom stereocenters. The summed E-state index contributed by atoms with van der Waals surface area (Å²) in [4.78, 5) is 12.2. The van der Waals surface area contributed by atoms with Crippen molar-refractivity contribution < 1.29 is 4.79 Å². The second kappa shape index (κ2) is 6.40. The van der Waals surface area contributed by atoms with Gasteiger partial charge in [0, 0.05) is 17.0 Å². The molecule has 2 N–H and O–H groups in total. The van der Waals surface area contributed by atoms with E-state index in [0.29, 0.717) is 11.1 Å². The molecule has 1 aromatic carbocycles. The molecule has 1 unspecified atom stereocenters. The van der Waals surface area contributed by atoms with Gasteiger partial charge in [0.25, 0.3) is 0 Å². The van der Waals surface area contributed by atoms with Crippen LogP contribution in [0.1, 0.15) is 38.3 Å². The molecule has 1 aromatic rings. The molecular weight excluding hydrogens is 260 g/mol. The van der Waals surface area contributed by atoms with Gasteiger partial charge >= 0.3 is 0 Å². The summed E-state index contributed by atoms with van der Waals surface area (Å²) in [5.74, 6) is 0.277. The smallest absolute Gasteiger partial charge is 0.223 e. The first-order chi connectivity index (χ1) is 9.06. The number of piperidine rings is 1. The van der Waals surface area contributed by atoms with Gasteiger partial charge in [-0.3, -0.25) is 4.79 Å². The Bertz CT molecular complexity index is 450. The number of rotatable bonds is 3. The van der Waals surface area contributed by atoms with Crippen molar-refractivity contribution in [3.8, 4) is 0 Å². The van der Waals surface area contributed by atoms with Gasteiger partial charge in [-0.15, -0.1) is 0 Å². The van der Waals surface area contributed by atoms with Crippen molar-refractivity contribution >= 4 is 17.5 Å². The van der Waals surface area contributed by atoms with E-state index in [0.717, 1.165) is 24.9 Å². The van der Waals surface area contributed by atoms with E-state index in [1.165, 1.54) is 0 Å². The predicted octanol–water partition coefficient (Wildman–Crippen LogP) is 2.91. The van der Waals surface area contributed by atoms with Crippen LogP contribution < -0.4 is 10.6 Å². The van der Waals surface area contributed by atoms with E-state index < -0.39 is 0 Å². The van der Waals surface area contributed by atoms with Crippen LogP contribution in [-0.2, 0) is 4.79 Å². The zero-order valence-corrected chi connectivity index (χ0v) is 12.2. The van der Waals surface area contributed by atoms with Crippen molar-refractivity contribution in [3.05, 3.63) is 34.9 Å². The summed E-state index contributed by atoms with van der Waals surface area (Å²) in [5, 5.41) is 7.15. The van der Waals surface area contributed by atoms with Crippen molar-refractivity contribution in [3.63, 3.8) is 0 Å². The van der Waals surface area contributed by atoms with Gasteiger partial charge in [0.1, 0.15) is 0 Å². The highest BCUT2D eigenvalue weighted by atomic mass is 35.5. The summed E-state index contributed by atoms with van der Waals surface area (Å²) < 4.78 is 0. The minimum atomic E-state index is -0.00334. The van der Waals surface area contributed by atoms with E-state index >= 15 is 0 Å². The number of halogens is 1. The average Bonchev–Trinajstić information content (AvgIpc) is 2.38. The molecule has 0 saturated carbocycles. The van der Waals surface area contributed by atoms with Crippen molar-refractivity contribution in [1.82, 2.24) is 10.6 Å². The van der Waals surface area contributed by atoms with E-state index in [-0.39, 0.29) is 17.9 Å². The maximum atomic E-state index is 12.2. The van der Waals surface area contributed by atoms with Crippen LogP contribution in [-0.4, -0.2) is 18.5 Å². The molecule has 0 spiro atoms. The molecule has 3 nitrogen and oxygen atoms in total. The van der Waals surface area contributed by atoms with Gasteiger partial charge in [-0.25, -0.2) is 0 Å². The van der Waals surface area contributed by atoms with Gasteiger partial charge in [-0.1, -0.05) is 23.7 Å². The van der Waals surface area contributed by atoms with Crippen molar-refractivity contribution in [2.75, 3.05) is 6.54 Å². The van der Waals surface area contributed by atoms with Crippen LogP contribution in [0.2, 0.25) is 5.02 Å². The lowest BCUT2D eigenvalue weighted by Gasteiger charge is -2.28. The molecule has 0 aliphatic carbocycles. The van der Waals surface area contributed by atoms with Crippen LogP contribution >= 0.6 is 11.6 Å². The lowest BCUT2D eigenvalue weighted by atomic mass is 9.92. The molecular formula is C15H21ClN2O. The van der Waals surface area contributed by atoms with Crippen LogP contribution in [0.15, 0.2) is 24.3 Å². The third kappa shape index (κ3) is 3.95. The third-order valence-electron chi connectivity index (χ3n) is 3.70. The molecule has 1 fully saturated rings. The summed E-state index contributed by atoms with van der Waals surface area (Å²) in [5.41, 5.74) is 1.04. The molecule has 0 radical (unpaired) electrons. The number of benzene rings is 1. The van der Waals surface area contributed by atoms with Gasteiger partial charge in [-0.05, 0) is 50.9 Å². The second-order valence-corrected chi connectivity index (χ2v) is 5.80. The summed E-state index contributed by atoms with van der Waals surface area (Å²) in [6.45, 7) is 5.04. The lowest BCUT2D eigenvalue weighted by Crippen LogP contribution is -2.42. The zero-order chi connectivity index (χ0) is 13.8. The fourth-order valence-electron chi connectivity index (χ4n) is 2.56. The average molecular weight is 281 g/mol. The summed E-state index contributed by atoms with van der Waals surface area (Å²) in [7, 11) is 0. The molecule has 1 heterocycles. The van der Waals surface area contributed by atoms with E-state index in [4.69, 9.17) is 11.6 Å². The third-order valence-corrected chi connectivity index (χ3v) is 3.94. The molecule has 0 aromatic heterocycles. The number of amides is 1. The second-order valence-electron chi connectivity index (χ2n) is 5.36. The molecule has 2 rings (SSSR count). The molecule has 4 heteroatoms. The first-order valence-corrected chi connectivity index (χ1v) is 7.23. The Morgan fingerprint density at radius 1 is 1.53 bits per heavy atom. The lowest BCUT2D eigenvalue weighted by molar-refractivity contribution is -0.126. The number of carbonyl (C=O) groups excluding carboxylic acids is 1. The largest absolute Gasteiger partial charge is 0.349 e. The summed E-state index contributed by atoms with van der Waals surface area (Å²) >= 11 is 5.97. The van der Waals surface area contributed by atoms with Gasteiger partial charge in [0.2, 0.25) is 5.91 Å². The molecule has 0 bridgehead atoms. The standard InChI is InChI=1S/C15H21ClN2O/c1-10-8-13(6-7-17-10)15(19)18-11(2)12-4-3-5-14(16)9-12/h3-5,9-11,13,17H,6-8H2,1-2H3,(H,18,19)/t10-,11?,13-/m0/s1. The molecule has 1 amide bonds. The first-order valence-electron chi connectivity index (χ1n) is 6.85. The van der Waals surface area contributed by atoms with E-state index in [1.54, 1.807) is 0 Å². The fourth-order valence-corrected chi connectivity index (χ4v) is 2.76. The molecule has 1 saturated heterocycles. The topological polar surface area (TPSA) is 41.1 Å². The van der Waals surface area contributed by atoms with E-state index in [1.807, 2.05) is 31.2 Å². The maximum absolute atomic E-state index is 12.2. The van der Waals surface area contributed by atoms with Crippen LogP contribution in [0.3, 0.4) is 0 Å². The molecule has 19 heavy (non-hydrogen) atoms. The molecule has 104 valence electrons. The highest BCUT2D eigenvalue weighted by Gasteiger charge is 2.25. The number of nitrogens with one attached hydrogen (secondary N) is 2.